The number of piperazine rings is 1. The van der Waals surface area contributed by atoms with Crippen LogP contribution in [0.1, 0.15) is 64.6 Å². The molecule has 2 unspecified atom stereocenters. The minimum absolute atomic E-state index is 0.180. The molecule has 0 saturated carbocycles. The molecule has 3 aliphatic heterocycles. The number of imidazole rings is 1. The lowest BCUT2D eigenvalue weighted by atomic mass is 9.65. The highest BCUT2D eigenvalue weighted by atomic mass is 15.3. The van der Waals surface area contributed by atoms with Crippen molar-refractivity contribution >= 4 is 5.78 Å². The smallest absolute Gasteiger partial charge is 0.234 e. The van der Waals surface area contributed by atoms with Crippen LogP contribution >= 0.6 is 0 Å². The van der Waals surface area contributed by atoms with Gasteiger partial charge in [0.15, 0.2) is 0 Å². The first-order valence-electron chi connectivity index (χ1n) is 11.7. The van der Waals surface area contributed by atoms with E-state index in [0.29, 0.717) is 12.0 Å². The zero-order chi connectivity index (χ0) is 21.8. The maximum atomic E-state index is 4.96. The van der Waals surface area contributed by atoms with Gasteiger partial charge in [0.1, 0.15) is 0 Å². The number of hydrogen-bond acceptors (Lipinski definition) is 4. The van der Waals surface area contributed by atoms with Gasteiger partial charge in [-0.15, -0.1) is 0 Å². The third kappa shape index (κ3) is 3.48. The van der Waals surface area contributed by atoms with Crippen molar-refractivity contribution in [2.75, 3.05) is 13.1 Å². The molecule has 2 bridgehead atoms. The van der Waals surface area contributed by atoms with Gasteiger partial charge in [0.2, 0.25) is 5.78 Å². The van der Waals surface area contributed by atoms with Crippen molar-refractivity contribution in [3.63, 3.8) is 0 Å². The number of nitrogens with one attached hydrogen (secondary N) is 1. The van der Waals surface area contributed by atoms with E-state index in [9.17, 15) is 0 Å². The summed E-state index contributed by atoms with van der Waals surface area (Å²) >= 11 is 0. The maximum absolute atomic E-state index is 4.96. The van der Waals surface area contributed by atoms with Gasteiger partial charge >= 0.3 is 0 Å². The summed E-state index contributed by atoms with van der Waals surface area (Å²) in [6.45, 7) is 14.7. The highest BCUT2D eigenvalue weighted by Crippen LogP contribution is 2.43. The van der Waals surface area contributed by atoms with Crippen molar-refractivity contribution < 1.29 is 0 Å². The van der Waals surface area contributed by atoms with Gasteiger partial charge in [-0.1, -0.05) is 58.9 Å². The van der Waals surface area contributed by atoms with Gasteiger partial charge in [-0.05, 0) is 35.8 Å². The number of piperidine rings is 2. The third-order valence-corrected chi connectivity index (χ3v) is 7.71. The van der Waals surface area contributed by atoms with Gasteiger partial charge in [0.25, 0.3) is 0 Å². The van der Waals surface area contributed by atoms with E-state index in [1.165, 1.54) is 29.7 Å². The van der Waals surface area contributed by atoms with Gasteiger partial charge in [-0.3, -0.25) is 9.30 Å². The van der Waals surface area contributed by atoms with Gasteiger partial charge in [-0.2, -0.15) is 0 Å². The van der Waals surface area contributed by atoms with Crippen LogP contribution in [-0.4, -0.2) is 43.9 Å². The SMILES string of the molecule is CC(C)c1ccc(-c2nc3ncccn3c2CN2CC3(C(C)(C)C)CCC2CN3)cc1. The largest absolute Gasteiger partial charge is 0.308 e. The fraction of sp³-hybridized carbons (Fsp3) is 0.538. The monoisotopic (exact) mass is 417 g/mol. The minimum atomic E-state index is 0.180. The topological polar surface area (TPSA) is 45.5 Å². The van der Waals surface area contributed by atoms with Gasteiger partial charge in [0.05, 0.1) is 11.4 Å². The molecular weight excluding hydrogens is 382 g/mol. The summed E-state index contributed by atoms with van der Waals surface area (Å²) in [5.41, 5.74) is 5.26. The predicted molar refractivity (Wildman–Crippen MR) is 126 cm³/mol. The fourth-order valence-electron chi connectivity index (χ4n) is 5.44. The summed E-state index contributed by atoms with van der Waals surface area (Å²) in [4.78, 5) is 12.2. The minimum Gasteiger partial charge on any atom is -0.308 e. The molecule has 1 N–H and O–H groups in total. The Bertz CT molecular complexity index is 1070. The summed E-state index contributed by atoms with van der Waals surface area (Å²) in [7, 11) is 0. The van der Waals surface area contributed by atoms with Crippen LogP contribution in [0.15, 0.2) is 42.7 Å². The Balaban J connectivity index is 1.53. The van der Waals surface area contributed by atoms with Crippen LogP contribution in [-0.2, 0) is 6.54 Å². The summed E-state index contributed by atoms with van der Waals surface area (Å²) in [6, 6.07) is 11.5. The van der Waals surface area contributed by atoms with Crippen molar-refractivity contribution in [3.8, 4) is 11.3 Å². The fourth-order valence-corrected chi connectivity index (χ4v) is 5.44. The number of nitrogens with zero attached hydrogens (tertiary/aromatic N) is 4. The summed E-state index contributed by atoms with van der Waals surface area (Å²) in [5, 5.41) is 3.91. The maximum Gasteiger partial charge on any atom is 0.234 e. The van der Waals surface area contributed by atoms with Crippen LogP contribution in [0.2, 0.25) is 0 Å². The Hall–Kier alpha value is -2.24. The molecule has 0 radical (unpaired) electrons. The molecule has 0 aliphatic carbocycles. The van der Waals surface area contributed by atoms with E-state index in [-0.39, 0.29) is 11.0 Å². The Morgan fingerprint density at radius 1 is 1.19 bits per heavy atom. The van der Waals surface area contributed by atoms with Crippen molar-refractivity contribution in [1.29, 1.82) is 0 Å². The van der Waals surface area contributed by atoms with Crippen LogP contribution in [0.25, 0.3) is 17.0 Å². The standard InChI is InChI=1S/C26H35N5/c1-18(2)19-7-9-20(10-8-19)23-22(31-14-6-13-27-24(31)29-23)16-30-17-26(25(3,4)5)12-11-21(30)15-28-26/h6-10,13-14,18,21,28H,11-12,15-17H2,1-5H3. The average Bonchev–Trinajstić information content (AvgIpc) is 3.12. The second-order valence-corrected chi connectivity index (χ2v) is 10.8. The highest BCUT2D eigenvalue weighted by molar-refractivity contribution is 5.65. The normalized spacial score (nSPS) is 24.4. The molecule has 2 aromatic heterocycles. The van der Waals surface area contributed by atoms with E-state index in [2.05, 4.69) is 84.7 Å². The van der Waals surface area contributed by atoms with E-state index in [4.69, 9.17) is 4.98 Å². The van der Waals surface area contributed by atoms with Crippen molar-refractivity contribution in [3.05, 3.63) is 54.0 Å². The molecule has 0 spiro atoms. The molecule has 5 heteroatoms. The summed E-state index contributed by atoms with van der Waals surface area (Å²) in [5.74, 6) is 1.31. The van der Waals surface area contributed by atoms with Crippen LogP contribution in [0.5, 0.6) is 0 Å². The van der Waals surface area contributed by atoms with E-state index in [1.54, 1.807) is 0 Å². The van der Waals surface area contributed by atoms with E-state index in [1.807, 2.05) is 12.3 Å². The number of benzene rings is 1. The molecule has 3 aliphatic rings. The zero-order valence-electron chi connectivity index (χ0n) is 19.5. The van der Waals surface area contributed by atoms with Crippen molar-refractivity contribution in [1.82, 2.24) is 24.6 Å². The second-order valence-electron chi connectivity index (χ2n) is 10.8. The lowest BCUT2D eigenvalue weighted by molar-refractivity contribution is -0.0428. The van der Waals surface area contributed by atoms with E-state index < -0.39 is 0 Å². The Kier molecular flexibility index (Phi) is 4.94. The zero-order valence-corrected chi connectivity index (χ0v) is 19.5. The van der Waals surface area contributed by atoms with E-state index >= 15 is 0 Å². The molecule has 3 fully saturated rings. The van der Waals surface area contributed by atoms with Crippen molar-refractivity contribution in [2.45, 2.75) is 71.5 Å². The summed E-state index contributed by atoms with van der Waals surface area (Å²) < 4.78 is 2.19. The van der Waals surface area contributed by atoms with E-state index in [0.717, 1.165) is 31.1 Å². The molecule has 3 aromatic rings. The lowest BCUT2D eigenvalue weighted by Gasteiger charge is -2.59. The Morgan fingerprint density at radius 3 is 2.61 bits per heavy atom. The number of rotatable bonds is 4. The lowest BCUT2D eigenvalue weighted by Crippen LogP contribution is -2.72. The molecule has 0 amide bonds. The number of hydrogen-bond donors (Lipinski definition) is 1. The molecule has 1 aromatic carbocycles. The third-order valence-electron chi connectivity index (χ3n) is 7.71. The number of fused-ring (bicyclic) bond motifs is 4. The van der Waals surface area contributed by atoms with Crippen LogP contribution in [0.4, 0.5) is 0 Å². The first-order valence-corrected chi connectivity index (χ1v) is 11.7. The molecular formula is C26H35N5. The first kappa shape index (κ1) is 20.7. The molecule has 5 nitrogen and oxygen atoms in total. The van der Waals surface area contributed by atoms with Crippen LogP contribution in [0.3, 0.4) is 0 Å². The Labute approximate surface area is 185 Å². The Morgan fingerprint density at radius 2 is 1.97 bits per heavy atom. The van der Waals surface area contributed by atoms with Crippen LogP contribution in [0, 0.1) is 5.41 Å². The second kappa shape index (κ2) is 7.42. The van der Waals surface area contributed by atoms with Crippen molar-refractivity contribution in [2.24, 2.45) is 5.41 Å². The first-order chi connectivity index (χ1) is 14.8. The quantitative estimate of drug-likeness (QED) is 0.658. The average molecular weight is 418 g/mol. The molecule has 164 valence electrons. The molecule has 6 rings (SSSR count). The highest BCUT2D eigenvalue weighted by Gasteiger charge is 2.50. The molecule has 3 saturated heterocycles. The van der Waals surface area contributed by atoms with Gasteiger partial charge in [0, 0.05) is 49.2 Å². The van der Waals surface area contributed by atoms with Gasteiger partial charge < -0.3 is 5.32 Å². The molecule has 31 heavy (non-hydrogen) atoms. The molecule has 2 atom stereocenters. The van der Waals surface area contributed by atoms with Gasteiger partial charge in [-0.25, -0.2) is 9.97 Å². The predicted octanol–water partition coefficient (Wildman–Crippen LogP) is 4.87. The number of aromatic nitrogens is 3. The summed E-state index contributed by atoms with van der Waals surface area (Å²) in [6.07, 6.45) is 6.46. The van der Waals surface area contributed by atoms with Crippen LogP contribution < -0.4 is 5.32 Å². The molecule has 5 heterocycles.